The monoisotopic (exact) mass is 376 g/mol. The molecule has 0 spiro atoms. The summed E-state index contributed by atoms with van der Waals surface area (Å²) in [5, 5.41) is 6.73. The lowest BCUT2D eigenvalue weighted by Crippen LogP contribution is -2.02. The second-order valence-corrected chi connectivity index (χ2v) is 7.71. The largest absolute Gasteiger partial charge is 0.397 e. The van der Waals surface area contributed by atoms with Crippen molar-refractivity contribution in [3.05, 3.63) is 96.2 Å². The number of pyridine rings is 1. The summed E-state index contributed by atoms with van der Waals surface area (Å²) in [5.74, 6) is 0. The Morgan fingerprint density at radius 2 is 1.41 bits per heavy atom. The van der Waals surface area contributed by atoms with Crippen LogP contribution in [0.15, 0.2) is 85.1 Å². The first kappa shape index (κ1) is 17.7. The quantitative estimate of drug-likeness (QED) is 0.241. The third kappa shape index (κ3) is 3.31. The van der Waals surface area contributed by atoms with Gasteiger partial charge in [-0.3, -0.25) is 4.98 Å². The summed E-state index contributed by atoms with van der Waals surface area (Å²) in [6.07, 6.45) is 6.97. The van der Waals surface area contributed by atoms with E-state index in [2.05, 4.69) is 53.5 Å². The van der Waals surface area contributed by atoms with E-state index in [1.807, 2.05) is 30.3 Å². The van der Waals surface area contributed by atoms with E-state index in [-0.39, 0.29) is 0 Å². The normalized spacial score (nSPS) is 13.1. The van der Waals surface area contributed by atoms with Gasteiger partial charge in [-0.1, -0.05) is 66.7 Å². The molecule has 0 saturated heterocycles. The van der Waals surface area contributed by atoms with Gasteiger partial charge in [0.05, 0.1) is 11.2 Å². The molecule has 2 nitrogen and oxygen atoms in total. The number of rotatable bonds is 0. The lowest BCUT2D eigenvalue weighted by molar-refractivity contribution is 0.690. The highest BCUT2D eigenvalue weighted by Gasteiger charge is 2.13. The van der Waals surface area contributed by atoms with Crippen LogP contribution < -0.4 is 5.73 Å². The van der Waals surface area contributed by atoms with Crippen LogP contribution in [0.5, 0.6) is 0 Å². The molecule has 0 unspecified atom stereocenters. The van der Waals surface area contributed by atoms with Crippen LogP contribution in [-0.4, -0.2) is 4.98 Å². The number of nitrogen functional groups attached to an aromatic ring is 1. The minimum absolute atomic E-state index is 0.739. The molecule has 0 atom stereocenters. The fourth-order valence-electron chi connectivity index (χ4n) is 4.47. The van der Waals surface area contributed by atoms with Crippen molar-refractivity contribution < 1.29 is 0 Å². The van der Waals surface area contributed by atoms with Crippen LogP contribution in [0.4, 0.5) is 5.69 Å². The zero-order valence-electron chi connectivity index (χ0n) is 16.4. The predicted molar refractivity (Wildman–Crippen MR) is 124 cm³/mol. The Balaban J connectivity index is 0.000000142. The van der Waals surface area contributed by atoms with Gasteiger partial charge in [-0.2, -0.15) is 0 Å². The molecule has 1 heterocycles. The number of hydrogen-bond acceptors (Lipinski definition) is 2. The summed E-state index contributed by atoms with van der Waals surface area (Å²) in [4.78, 5) is 4.16. The first-order chi connectivity index (χ1) is 14.3. The zero-order valence-corrected chi connectivity index (χ0v) is 16.4. The van der Waals surface area contributed by atoms with Crippen molar-refractivity contribution in [2.75, 3.05) is 5.73 Å². The number of aromatic nitrogens is 1. The number of para-hydroxylation sites is 1. The predicted octanol–water partition coefficient (Wildman–Crippen LogP) is 6.69. The van der Waals surface area contributed by atoms with Gasteiger partial charge in [-0.25, -0.2) is 0 Å². The summed E-state index contributed by atoms with van der Waals surface area (Å²) >= 11 is 0. The average molecular weight is 377 g/mol. The number of nitrogens with two attached hydrogens (primary N) is 1. The van der Waals surface area contributed by atoms with Gasteiger partial charge < -0.3 is 5.73 Å². The molecule has 0 aliphatic heterocycles. The average Bonchev–Trinajstić information content (AvgIpc) is 2.79. The third-order valence-corrected chi connectivity index (χ3v) is 5.92. The summed E-state index contributed by atoms with van der Waals surface area (Å²) < 4.78 is 0. The van der Waals surface area contributed by atoms with Crippen molar-refractivity contribution in [2.24, 2.45) is 0 Å². The minimum atomic E-state index is 0.739. The van der Waals surface area contributed by atoms with Crippen LogP contribution in [0.3, 0.4) is 0 Å². The maximum absolute atomic E-state index is 5.69. The molecule has 1 aliphatic carbocycles. The Morgan fingerprint density at radius 3 is 2.34 bits per heavy atom. The number of anilines is 1. The SMILES string of the molecule is Nc1cccc2cccnc12.c1ccc2c(c1)ccc1c3c(ccc12)CCCC3. The van der Waals surface area contributed by atoms with Crippen LogP contribution in [-0.2, 0) is 12.8 Å². The van der Waals surface area contributed by atoms with Gasteiger partial charge in [0, 0.05) is 11.6 Å². The maximum Gasteiger partial charge on any atom is 0.0931 e. The number of aryl methyl sites for hydroxylation is 2. The molecule has 0 radical (unpaired) electrons. The Morgan fingerprint density at radius 1 is 0.621 bits per heavy atom. The number of benzene rings is 4. The van der Waals surface area contributed by atoms with Crippen molar-refractivity contribution in [3.63, 3.8) is 0 Å². The molecule has 5 aromatic rings. The highest BCUT2D eigenvalue weighted by molar-refractivity contribution is 6.08. The van der Waals surface area contributed by atoms with E-state index in [4.69, 9.17) is 5.73 Å². The molecule has 142 valence electrons. The molecule has 1 aliphatic rings. The molecule has 2 N–H and O–H groups in total. The van der Waals surface area contributed by atoms with Crippen molar-refractivity contribution >= 4 is 38.1 Å². The van der Waals surface area contributed by atoms with Gasteiger partial charge in [0.15, 0.2) is 0 Å². The highest BCUT2D eigenvalue weighted by Crippen LogP contribution is 2.33. The molecule has 0 fully saturated rings. The highest BCUT2D eigenvalue weighted by atomic mass is 14.7. The van der Waals surface area contributed by atoms with E-state index in [9.17, 15) is 0 Å². The standard InChI is InChI=1S/C18H16.C9H8N2/c1-3-7-15-13(5-1)9-11-18-16-8-4-2-6-14(16)10-12-17(15)18;10-8-5-1-3-7-4-2-6-11-9(7)8/h1,3,5,7,9-12H,2,4,6,8H2;1-6H,10H2. The summed E-state index contributed by atoms with van der Waals surface area (Å²) in [7, 11) is 0. The summed E-state index contributed by atoms with van der Waals surface area (Å²) in [6.45, 7) is 0. The Hall–Kier alpha value is -3.39. The zero-order chi connectivity index (χ0) is 19.6. The molecule has 0 saturated carbocycles. The van der Waals surface area contributed by atoms with E-state index in [0.717, 1.165) is 16.6 Å². The lowest BCUT2D eigenvalue weighted by atomic mass is 9.86. The molecule has 4 aromatic carbocycles. The van der Waals surface area contributed by atoms with Gasteiger partial charge in [0.1, 0.15) is 0 Å². The topological polar surface area (TPSA) is 38.9 Å². The fourth-order valence-corrected chi connectivity index (χ4v) is 4.47. The molecule has 2 heteroatoms. The van der Waals surface area contributed by atoms with Crippen LogP contribution in [0.1, 0.15) is 24.0 Å². The Kier molecular flexibility index (Phi) is 4.61. The van der Waals surface area contributed by atoms with Crippen LogP contribution in [0.2, 0.25) is 0 Å². The third-order valence-electron chi connectivity index (χ3n) is 5.92. The van der Waals surface area contributed by atoms with E-state index >= 15 is 0 Å². The van der Waals surface area contributed by atoms with Crippen LogP contribution in [0, 0.1) is 0 Å². The number of nitrogens with zero attached hydrogens (tertiary/aromatic N) is 1. The van der Waals surface area contributed by atoms with Crippen molar-refractivity contribution in [2.45, 2.75) is 25.7 Å². The molecule has 6 rings (SSSR count). The van der Waals surface area contributed by atoms with Crippen LogP contribution >= 0.6 is 0 Å². The fraction of sp³-hybridized carbons (Fsp3) is 0.148. The van der Waals surface area contributed by atoms with Crippen molar-refractivity contribution in [3.8, 4) is 0 Å². The molecule has 29 heavy (non-hydrogen) atoms. The van der Waals surface area contributed by atoms with Gasteiger partial charge in [-0.15, -0.1) is 0 Å². The second-order valence-electron chi connectivity index (χ2n) is 7.71. The van der Waals surface area contributed by atoms with Crippen molar-refractivity contribution in [1.29, 1.82) is 0 Å². The Bertz CT molecular complexity index is 1320. The van der Waals surface area contributed by atoms with Gasteiger partial charge in [0.25, 0.3) is 0 Å². The molecular weight excluding hydrogens is 352 g/mol. The number of hydrogen-bond donors (Lipinski definition) is 1. The van der Waals surface area contributed by atoms with Gasteiger partial charge in [0.2, 0.25) is 0 Å². The molecule has 1 aromatic heterocycles. The minimum Gasteiger partial charge on any atom is -0.397 e. The van der Waals surface area contributed by atoms with Crippen molar-refractivity contribution in [1.82, 2.24) is 4.98 Å². The van der Waals surface area contributed by atoms with E-state index < -0.39 is 0 Å². The smallest absolute Gasteiger partial charge is 0.0931 e. The van der Waals surface area contributed by atoms with E-state index in [0.29, 0.717) is 0 Å². The molecule has 0 amide bonds. The molecule has 0 bridgehead atoms. The maximum atomic E-state index is 5.69. The summed E-state index contributed by atoms with van der Waals surface area (Å²) in [5.41, 5.74) is 10.5. The first-order valence-corrected chi connectivity index (χ1v) is 10.3. The van der Waals surface area contributed by atoms with E-state index in [1.165, 1.54) is 47.2 Å². The molecular formula is C27H24N2. The van der Waals surface area contributed by atoms with Gasteiger partial charge in [-0.05, 0) is 70.5 Å². The lowest BCUT2D eigenvalue weighted by Gasteiger charge is -2.18. The first-order valence-electron chi connectivity index (χ1n) is 10.3. The second kappa shape index (κ2) is 7.56. The van der Waals surface area contributed by atoms with E-state index in [1.54, 1.807) is 17.3 Å². The summed E-state index contributed by atoms with van der Waals surface area (Å²) in [6, 6.07) is 27.7. The van der Waals surface area contributed by atoms with Crippen LogP contribution in [0.25, 0.3) is 32.4 Å². The van der Waals surface area contributed by atoms with Gasteiger partial charge >= 0.3 is 0 Å². The Labute approximate surface area is 171 Å². The number of fused-ring (bicyclic) bond motifs is 6.